The monoisotopic (exact) mass is 251 g/mol. The smallest absolute Gasteiger partial charge is 0.223 e. The summed E-state index contributed by atoms with van der Waals surface area (Å²) in [4.78, 5) is 11.9. The van der Waals surface area contributed by atoms with Gasteiger partial charge in [-0.05, 0) is 25.3 Å². The van der Waals surface area contributed by atoms with Crippen molar-refractivity contribution >= 4 is 5.91 Å². The minimum atomic E-state index is 0.189. The highest BCUT2D eigenvalue weighted by molar-refractivity contribution is 5.78. The summed E-state index contributed by atoms with van der Waals surface area (Å²) >= 11 is 0. The van der Waals surface area contributed by atoms with Crippen LogP contribution in [0.25, 0.3) is 0 Å². The summed E-state index contributed by atoms with van der Waals surface area (Å²) < 4.78 is 1.89. The molecule has 1 N–H and O–H groups in total. The highest BCUT2D eigenvalue weighted by Crippen LogP contribution is 2.12. The first-order chi connectivity index (χ1) is 8.77. The topological polar surface area (TPSA) is 46.9 Å². The molecular formula is C14H25N3O. The predicted molar refractivity (Wildman–Crippen MR) is 73.2 cm³/mol. The number of aryl methyl sites for hydroxylation is 1. The van der Waals surface area contributed by atoms with Crippen LogP contribution < -0.4 is 5.32 Å². The van der Waals surface area contributed by atoms with Crippen LogP contribution in [0.4, 0.5) is 0 Å². The van der Waals surface area contributed by atoms with Crippen LogP contribution in [0, 0.1) is 5.92 Å². The summed E-state index contributed by atoms with van der Waals surface area (Å²) in [6.45, 7) is 5.85. The van der Waals surface area contributed by atoms with Gasteiger partial charge in [0.15, 0.2) is 0 Å². The van der Waals surface area contributed by atoms with Crippen LogP contribution in [0.5, 0.6) is 0 Å². The second kappa shape index (κ2) is 8.72. The number of unbranched alkanes of at least 4 members (excludes halogenated alkanes) is 1. The van der Waals surface area contributed by atoms with E-state index in [1.807, 2.05) is 16.9 Å². The average molecular weight is 251 g/mol. The Morgan fingerprint density at radius 3 is 2.83 bits per heavy atom. The fourth-order valence-corrected chi connectivity index (χ4v) is 2.00. The van der Waals surface area contributed by atoms with Gasteiger partial charge in [-0.2, -0.15) is 5.10 Å². The third-order valence-electron chi connectivity index (χ3n) is 3.19. The van der Waals surface area contributed by atoms with E-state index in [1.54, 1.807) is 6.20 Å². The maximum Gasteiger partial charge on any atom is 0.223 e. The molecule has 4 heteroatoms. The maximum absolute atomic E-state index is 11.9. The zero-order chi connectivity index (χ0) is 13.2. The van der Waals surface area contributed by atoms with Crippen molar-refractivity contribution in [1.29, 1.82) is 0 Å². The average Bonchev–Trinajstić information content (AvgIpc) is 2.88. The van der Waals surface area contributed by atoms with Gasteiger partial charge in [0.05, 0.1) is 0 Å². The number of hydrogen-bond donors (Lipinski definition) is 1. The molecule has 0 aliphatic carbocycles. The third-order valence-corrected chi connectivity index (χ3v) is 3.19. The van der Waals surface area contributed by atoms with E-state index in [2.05, 4.69) is 24.3 Å². The van der Waals surface area contributed by atoms with Crippen molar-refractivity contribution in [3.05, 3.63) is 18.5 Å². The maximum atomic E-state index is 11.9. The van der Waals surface area contributed by atoms with E-state index in [0.29, 0.717) is 0 Å². The van der Waals surface area contributed by atoms with E-state index < -0.39 is 0 Å². The standard InChI is InChI=1S/C14H25N3O/c1-3-5-8-13(4-2)14(18)15-9-6-11-17-12-7-10-16-17/h7,10,12-13H,3-6,8-9,11H2,1-2H3,(H,15,18). The van der Waals surface area contributed by atoms with Crippen molar-refractivity contribution in [2.24, 2.45) is 5.92 Å². The fraction of sp³-hybridized carbons (Fsp3) is 0.714. The molecule has 0 aliphatic heterocycles. The number of carbonyl (C=O) groups is 1. The van der Waals surface area contributed by atoms with Crippen molar-refractivity contribution in [3.63, 3.8) is 0 Å². The van der Waals surface area contributed by atoms with Crippen LogP contribution >= 0.6 is 0 Å². The fourth-order valence-electron chi connectivity index (χ4n) is 2.00. The van der Waals surface area contributed by atoms with Gasteiger partial charge >= 0.3 is 0 Å². The Balaban J connectivity index is 2.14. The summed E-state index contributed by atoms with van der Waals surface area (Å²) in [7, 11) is 0. The number of carbonyl (C=O) groups excluding carboxylic acids is 1. The largest absolute Gasteiger partial charge is 0.356 e. The van der Waals surface area contributed by atoms with Crippen LogP contribution in [0.2, 0.25) is 0 Å². The molecule has 102 valence electrons. The van der Waals surface area contributed by atoms with Crippen molar-refractivity contribution in [3.8, 4) is 0 Å². The number of nitrogens with one attached hydrogen (secondary N) is 1. The van der Waals surface area contributed by atoms with E-state index in [-0.39, 0.29) is 11.8 Å². The second-order valence-electron chi connectivity index (χ2n) is 4.66. The third kappa shape index (κ3) is 5.34. The molecule has 0 aromatic carbocycles. The first-order valence-corrected chi connectivity index (χ1v) is 7.03. The zero-order valence-electron chi connectivity index (χ0n) is 11.6. The summed E-state index contributed by atoms with van der Waals surface area (Å²) in [6.07, 6.45) is 8.89. The summed E-state index contributed by atoms with van der Waals surface area (Å²) in [5.74, 6) is 0.404. The minimum Gasteiger partial charge on any atom is -0.356 e. The molecule has 0 spiro atoms. The van der Waals surface area contributed by atoms with Crippen molar-refractivity contribution in [2.75, 3.05) is 6.54 Å². The van der Waals surface area contributed by atoms with Gasteiger partial charge in [0.1, 0.15) is 0 Å². The van der Waals surface area contributed by atoms with E-state index in [1.165, 1.54) is 0 Å². The normalized spacial score (nSPS) is 12.3. The SMILES string of the molecule is CCCCC(CC)C(=O)NCCCn1cccn1. The van der Waals surface area contributed by atoms with Gasteiger partial charge in [-0.25, -0.2) is 0 Å². The van der Waals surface area contributed by atoms with E-state index in [4.69, 9.17) is 0 Å². The summed E-state index contributed by atoms with van der Waals surface area (Å²) in [5.41, 5.74) is 0. The highest BCUT2D eigenvalue weighted by Gasteiger charge is 2.14. The van der Waals surface area contributed by atoms with Gasteiger partial charge in [0, 0.05) is 31.4 Å². The number of amides is 1. The van der Waals surface area contributed by atoms with Crippen molar-refractivity contribution in [1.82, 2.24) is 15.1 Å². The molecule has 1 aromatic heterocycles. The molecule has 1 rings (SSSR count). The Morgan fingerprint density at radius 2 is 2.22 bits per heavy atom. The number of rotatable bonds is 9. The van der Waals surface area contributed by atoms with Gasteiger partial charge in [-0.3, -0.25) is 9.48 Å². The van der Waals surface area contributed by atoms with Crippen molar-refractivity contribution in [2.45, 2.75) is 52.5 Å². The lowest BCUT2D eigenvalue weighted by Crippen LogP contribution is -2.31. The molecule has 0 radical (unpaired) electrons. The molecule has 1 heterocycles. The molecule has 1 atom stereocenters. The lowest BCUT2D eigenvalue weighted by atomic mass is 9.98. The van der Waals surface area contributed by atoms with Gasteiger partial charge in [0.2, 0.25) is 5.91 Å². The summed E-state index contributed by atoms with van der Waals surface area (Å²) in [5, 5.41) is 7.15. The molecule has 0 saturated heterocycles. The predicted octanol–water partition coefficient (Wildman–Crippen LogP) is 2.61. The van der Waals surface area contributed by atoms with Crippen LogP contribution in [0.1, 0.15) is 46.0 Å². The van der Waals surface area contributed by atoms with E-state index in [9.17, 15) is 4.79 Å². The molecule has 0 bridgehead atoms. The van der Waals surface area contributed by atoms with Gasteiger partial charge < -0.3 is 5.32 Å². The molecule has 4 nitrogen and oxygen atoms in total. The quantitative estimate of drug-likeness (QED) is 0.686. The van der Waals surface area contributed by atoms with Crippen LogP contribution in [0.15, 0.2) is 18.5 Å². The summed E-state index contributed by atoms with van der Waals surface area (Å²) in [6, 6.07) is 1.91. The lowest BCUT2D eigenvalue weighted by Gasteiger charge is -2.14. The molecule has 1 unspecified atom stereocenters. The number of aromatic nitrogens is 2. The van der Waals surface area contributed by atoms with Crippen LogP contribution in [0.3, 0.4) is 0 Å². The zero-order valence-corrected chi connectivity index (χ0v) is 11.6. The molecule has 18 heavy (non-hydrogen) atoms. The van der Waals surface area contributed by atoms with E-state index in [0.717, 1.165) is 45.2 Å². The Kier molecular flexibility index (Phi) is 7.14. The molecule has 1 amide bonds. The van der Waals surface area contributed by atoms with Crippen LogP contribution in [-0.4, -0.2) is 22.2 Å². The Labute approximate surface area is 110 Å². The Morgan fingerprint density at radius 1 is 1.39 bits per heavy atom. The molecular weight excluding hydrogens is 226 g/mol. The molecule has 1 aromatic rings. The second-order valence-corrected chi connectivity index (χ2v) is 4.66. The van der Waals surface area contributed by atoms with Crippen LogP contribution in [-0.2, 0) is 11.3 Å². The van der Waals surface area contributed by atoms with Gasteiger partial charge in [0.25, 0.3) is 0 Å². The number of hydrogen-bond acceptors (Lipinski definition) is 2. The first kappa shape index (κ1) is 14.7. The first-order valence-electron chi connectivity index (χ1n) is 7.03. The molecule has 0 aliphatic rings. The van der Waals surface area contributed by atoms with Gasteiger partial charge in [-0.1, -0.05) is 26.7 Å². The Bertz CT molecular complexity index is 322. The lowest BCUT2D eigenvalue weighted by molar-refractivity contribution is -0.125. The highest BCUT2D eigenvalue weighted by atomic mass is 16.1. The van der Waals surface area contributed by atoms with E-state index >= 15 is 0 Å². The molecule has 0 fully saturated rings. The Hall–Kier alpha value is -1.32. The molecule has 0 saturated carbocycles. The van der Waals surface area contributed by atoms with Crippen molar-refractivity contribution < 1.29 is 4.79 Å². The number of nitrogens with zero attached hydrogens (tertiary/aromatic N) is 2. The van der Waals surface area contributed by atoms with Gasteiger partial charge in [-0.15, -0.1) is 0 Å². The minimum absolute atomic E-state index is 0.189.